The first-order chi connectivity index (χ1) is 14.6. The van der Waals surface area contributed by atoms with Crippen LogP contribution in [0.25, 0.3) is 0 Å². The topological polar surface area (TPSA) is 73.7 Å². The zero-order valence-corrected chi connectivity index (χ0v) is 18.5. The van der Waals surface area contributed by atoms with Crippen LogP contribution in [0.15, 0.2) is 40.1 Å². The van der Waals surface area contributed by atoms with Crippen LogP contribution in [-0.4, -0.2) is 69.7 Å². The summed E-state index contributed by atoms with van der Waals surface area (Å²) in [5.74, 6) is 0.633. The van der Waals surface area contributed by atoms with Crippen LogP contribution >= 0.6 is 23.1 Å². The summed E-state index contributed by atoms with van der Waals surface area (Å²) in [5, 5.41) is 10.5. The minimum atomic E-state index is -0.996. The van der Waals surface area contributed by atoms with Crippen LogP contribution in [0, 0.1) is 0 Å². The largest absolute Gasteiger partial charge is 0.476 e. The maximum atomic E-state index is 12.4. The number of thiazole rings is 1. The molecule has 2 aliphatic heterocycles. The predicted molar refractivity (Wildman–Crippen MR) is 119 cm³/mol. The predicted octanol–water partition coefficient (Wildman–Crippen LogP) is 3.80. The van der Waals surface area contributed by atoms with Gasteiger partial charge in [-0.15, -0.1) is 11.3 Å². The Hall–Kier alpha value is -1.90. The van der Waals surface area contributed by atoms with Gasteiger partial charge in [-0.25, -0.2) is 9.78 Å². The van der Waals surface area contributed by atoms with Crippen LogP contribution in [0.2, 0.25) is 0 Å². The Morgan fingerprint density at radius 2 is 1.97 bits per heavy atom. The van der Waals surface area contributed by atoms with Crippen molar-refractivity contribution >= 4 is 35.0 Å². The second-order valence-electron chi connectivity index (χ2n) is 7.92. The van der Waals surface area contributed by atoms with Crippen molar-refractivity contribution in [2.45, 2.75) is 42.0 Å². The number of rotatable bonds is 8. The van der Waals surface area contributed by atoms with Gasteiger partial charge in [-0.3, -0.25) is 4.79 Å². The molecule has 160 valence electrons. The summed E-state index contributed by atoms with van der Waals surface area (Å²) in [6.45, 7) is 3.82. The second-order valence-corrected chi connectivity index (χ2v) is 10.1. The lowest BCUT2D eigenvalue weighted by Crippen LogP contribution is -2.45. The summed E-state index contributed by atoms with van der Waals surface area (Å²) >= 11 is 2.88. The Labute approximate surface area is 185 Å². The Morgan fingerprint density at radius 1 is 1.20 bits per heavy atom. The Balaban J connectivity index is 1.24. The summed E-state index contributed by atoms with van der Waals surface area (Å²) in [6, 6.07) is 11.1. The standard InChI is InChI=1S/C22H27N3O3S2/c26-20-7-6-18(25(20)12-13-29-22-23-19(15-30-22)21(27)28)14-24-10-8-17(9-11-24)16-4-2-1-3-5-16/h1-5,15,17-18H,6-14H2,(H,27,28)/t18-/m1/s1. The lowest BCUT2D eigenvalue weighted by molar-refractivity contribution is -0.128. The zero-order chi connectivity index (χ0) is 20.9. The van der Waals surface area contributed by atoms with Crippen molar-refractivity contribution in [3.05, 3.63) is 47.0 Å². The highest BCUT2D eigenvalue weighted by Gasteiger charge is 2.33. The minimum absolute atomic E-state index is 0.0940. The fraction of sp³-hybridized carbons (Fsp3) is 0.500. The van der Waals surface area contributed by atoms with Gasteiger partial charge in [-0.05, 0) is 43.8 Å². The van der Waals surface area contributed by atoms with E-state index in [0.717, 1.165) is 36.1 Å². The van der Waals surface area contributed by atoms with Crippen LogP contribution in [0.4, 0.5) is 0 Å². The Morgan fingerprint density at radius 3 is 2.67 bits per heavy atom. The molecule has 2 saturated heterocycles. The van der Waals surface area contributed by atoms with E-state index in [2.05, 4.69) is 40.2 Å². The lowest BCUT2D eigenvalue weighted by Gasteiger charge is -2.36. The molecule has 4 rings (SSSR count). The summed E-state index contributed by atoms with van der Waals surface area (Å²) < 4.78 is 0.749. The van der Waals surface area contributed by atoms with Crippen molar-refractivity contribution in [2.75, 3.05) is 31.9 Å². The number of carbonyl (C=O) groups is 2. The molecule has 6 nitrogen and oxygen atoms in total. The van der Waals surface area contributed by atoms with Crippen molar-refractivity contribution in [1.29, 1.82) is 0 Å². The van der Waals surface area contributed by atoms with Crippen LogP contribution < -0.4 is 0 Å². The number of carbonyl (C=O) groups excluding carboxylic acids is 1. The molecule has 1 amide bonds. The molecule has 0 aliphatic carbocycles. The van der Waals surface area contributed by atoms with E-state index >= 15 is 0 Å². The van der Waals surface area contributed by atoms with Gasteiger partial charge >= 0.3 is 5.97 Å². The number of benzene rings is 1. The van der Waals surface area contributed by atoms with E-state index in [9.17, 15) is 9.59 Å². The molecule has 2 fully saturated rings. The third-order valence-corrected chi connectivity index (χ3v) is 8.04. The quantitative estimate of drug-likeness (QED) is 0.623. The molecule has 1 atom stereocenters. The first-order valence-electron chi connectivity index (χ1n) is 10.5. The number of aromatic carboxylic acids is 1. The second kappa shape index (κ2) is 9.94. The van der Waals surface area contributed by atoms with E-state index in [1.165, 1.54) is 41.5 Å². The van der Waals surface area contributed by atoms with Gasteiger partial charge in [0.15, 0.2) is 10.0 Å². The van der Waals surface area contributed by atoms with Crippen LogP contribution in [0.5, 0.6) is 0 Å². The molecule has 2 aromatic rings. The fourth-order valence-corrected chi connectivity index (χ4v) is 6.22. The molecule has 2 aliphatic rings. The molecule has 0 saturated carbocycles. The first kappa shape index (κ1) is 21.3. The van der Waals surface area contributed by atoms with Crippen LogP contribution in [0.3, 0.4) is 0 Å². The van der Waals surface area contributed by atoms with E-state index in [0.29, 0.717) is 18.9 Å². The summed E-state index contributed by atoms with van der Waals surface area (Å²) in [6.07, 6.45) is 3.92. The summed E-state index contributed by atoms with van der Waals surface area (Å²) in [7, 11) is 0. The van der Waals surface area contributed by atoms with Gasteiger partial charge in [0.2, 0.25) is 5.91 Å². The SMILES string of the molecule is O=C(O)c1csc(SCCN2C(=O)CC[C@@H]2CN2CCC(c3ccccc3)CC2)n1. The van der Waals surface area contributed by atoms with E-state index in [-0.39, 0.29) is 17.6 Å². The van der Waals surface area contributed by atoms with Crippen molar-refractivity contribution in [1.82, 2.24) is 14.8 Å². The van der Waals surface area contributed by atoms with Crippen molar-refractivity contribution < 1.29 is 14.7 Å². The van der Waals surface area contributed by atoms with Gasteiger partial charge in [0.25, 0.3) is 0 Å². The van der Waals surface area contributed by atoms with Gasteiger partial charge in [-0.2, -0.15) is 0 Å². The average molecular weight is 446 g/mol. The molecule has 0 radical (unpaired) electrons. The van der Waals surface area contributed by atoms with E-state index < -0.39 is 5.97 Å². The van der Waals surface area contributed by atoms with E-state index in [1.807, 2.05) is 4.90 Å². The molecule has 1 N–H and O–H groups in total. The molecular formula is C22H27N3O3S2. The van der Waals surface area contributed by atoms with E-state index in [1.54, 1.807) is 5.38 Å². The molecule has 0 spiro atoms. The molecule has 0 bridgehead atoms. The Kier molecular flexibility index (Phi) is 7.07. The van der Waals surface area contributed by atoms with Crippen LogP contribution in [-0.2, 0) is 4.79 Å². The van der Waals surface area contributed by atoms with E-state index in [4.69, 9.17) is 5.11 Å². The number of nitrogens with zero attached hydrogens (tertiary/aromatic N) is 3. The number of thioether (sulfide) groups is 1. The van der Waals surface area contributed by atoms with Crippen molar-refractivity contribution in [2.24, 2.45) is 0 Å². The van der Waals surface area contributed by atoms with Gasteiger partial charge in [0, 0.05) is 36.7 Å². The molecule has 3 heterocycles. The highest BCUT2D eigenvalue weighted by Crippen LogP contribution is 2.29. The maximum absolute atomic E-state index is 12.4. The highest BCUT2D eigenvalue weighted by atomic mass is 32.2. The van der Waals surface area contributed by atoms with Gasteiger partial charge < -0.3 is 14.9 Å². The third-order valence-electron chi connectivity index (χ3n) is 6.04. The number of amides is 1. The van der Waals surface area contributed by atoms with Gasteiger partial charge in [0.05, 0.1) is 0 Å². The zero-order valence-electron chi connectivity index (χ0n) is 16.9. The number of hydrogen-bond donors (Lipinski definition) is 1. The summed E-state index contributed by atoms with van der Waals surface area (Å²) in [5.41, 5.74) is 1.54. The maximum Gasteiger partial charge on any atom is 0.355 e. The monoisotopic (exact) mass is 445 g/mol. The van der Waals surface area contributed by atoms with Gasteiger partial charge in [-0.1, -0.05) is 42.1 Å². The van der Waals surface area contributed by atoms with Crippen molar-refractivity contribution in [3.8, 4) is 0 Å². The number of carboxylic acids is 1. The smallest absolute Gasteiger partial charge is 0.355 e. The number of piperidine rings is 1. The molecule has 1 aromatic carbocycles. The number of likely N-dealkylation sites (tertiary alicyclic amines) is 2. The molecule has 30 heavy (non-hydrogen) atoms. The summed E-state index contributed by atoms with van der Waals surface area (Å²) in [4.78, 5) is 32.0. The first-order valence-corrected chi connectivity index (χ1v) is 12.3. The molecular weight excluding hydrogens is 418 g/mol. The number of hydrogen-bond acceptors (Lipinski definition) is 6. The lowest BCUT2D eigenvalue weighted by atomic mass is 9.89. The van der Waals surface area contributed by atoms with Gasteiger partial charge in [0.1, 0.15) is 0 Å². The third kappa shape index (κ3) is 5.22. The number of carboxylic acid groups (broad SMARTS) is 1. The fourth-order valence-electron chi connectivity index (χ4n) is 4.42. The Bertz CT molecular complexity index is 866. The minimum Gasteiger partial charge on any atom is -0.476 e. The molecule has 8 heteroatoms. The van der Waals surface area contributed by atoms with Crippen molar-refractivity contribution in [3.63, 3.8) is 0 Å². The number of aromatic nitrogens is 1. The normalized spacial score (nSPS) is 20.7. The molecule has 0 unspecified atom stereocenters. The molecule has 1 aromatic heterocycles. The van der Waals surface area contributed by atoms with Crippen LogP contribution in [0.1, 0.15) is 47.7 Å². The average Bonchev–Trinajstić information content (AvgIpc) is 3.37. The highest BCUT2D eigenvalue weighted by molar-refractivity contribution is 8.01.